The maximum Gasteiger partial charge on any atom is 0.0374 e. The highest BCUT2D eigenvalue weighted by atomic mass is 15.1. The van der Waals surface area contributed by atoms with Crippen LogP contribution in [-0.4, -0.2) is 19.6 Å². The third-order valence-electron chi connectivity index (χ3n) is 5.11. The Morgan fingerprint density at radius 3 is 2.90 bits per heavy atom. The van der Waals surface area contributed by atoms with Gasteiger partial charge in [0.15, 0.2) is 0 Å². The second-order valence-corrected chi connectivity index (χ2v) is 6.79. The van der Waals surface area contributed by atoms with Gasteiger partial charge in [-0.15, -0.1) is 0 Å². The smallest absolute Gasteiger partial charge is 0.0374 e. The molecule has 1 unspecified atom stereocenters. The van der Waals surface area contributed by atoms with Crippen LogP contribution in [0, 0.1) is 11.8 Å². The number of hydrogen-bond donors (Lipinski definition) is 1. The summed E-state index contributed by atoms with van der Waals surface area (Å²) in [4.78, 5) is 2.61. The lowest BCUT2D eigenvalue weighted by atomic mass is 9.89. The van der Waals surface area contributed by atoms with E-state index < -0.39 is 0 Å². The van der Waals surface area contributed by atoms with Crippen molar-refractivity contribution in [3.05, 3.63) is 23.8 Å². The molecule has 1 aromatic rings. The lowest BCUT2D eigenvalue weighted by molar-refractivity contribution is 0.351. The van der Waals surface area contributed by atoms with Gasteiger partial charge in [-0.2, -0.15) is 0 Å². The van der Waals surface area contributed by atoms with E-state index in [1.807, 2.05) is 0 Å². The van der Waals surface area contributed by atoms with E-state index >= 15 is 0 Å². The Bertz CT molecular complexity index is 453. The van der Waals surface area contributed by atoms with Crippen LogP contribution in [0.1, 0.15) is 45.1 Å². The van der Waals surface area contributed by atoms with Crippen molar-refractivity contribution in [2.24, 2.45) is 11.8 Å². The van der Waals surface area contributed by atoms with Crippen LogP contribution in [-0.2, 0) is 6.42 Å². The van der Waals surface area contributed by atoms with Gasteiger partial charge in [-0.1, -0.05) is 13.8 Å². The Morgan fingerprint density at radius 2 is 2.05 bits per heavy atom. The maximum absolute atomic E-state index is 3.51. The Morgan fingerprint density at radius 1 is 1.15 bits per heavy atom. The summed E-state index contributed by atoms with van der Waals surface area (Å²) < 4.78 is 0. The molecule has 0 spiro atoms. The van der Waals surface area contributed by atoms with Gasteiger partial charge in [-0.25, -0.2) is 0 Å². The van der Waals surface area contributed by atoms with Gasteiger partial charge in [0.1, 0.15) is 0 Å². The van der Waals surface area contributed by atoms with E-state index in [1.54, 1.807) is 0 Å². The highest BCUT2D eigenvalue weighted by Crippen LogP contribution is 2.30. The first-order valence-electron chi connectivity index (χ1n) is 8.36. The van der Waals surface area contributed by atoms with E-state index in [0.717, 1.165) is 18.4 Å². The summed E-state index contributed by atoms with van der Waals surface area (Å²) in [5.41, 5.74) is 4.31. The van der Waals surface area contributed by atoms with Gasteiger partial charge in [0.05, 0.1) is 0 Å². The number of benzene rings is 1. The molecule has 3 rings (SSSR count). The Balaban J connectivity index is 1.72. The van der Waals surface area contributed by atoms with Crippen molar-refractivity contribution in [2.75, 3.05) is 29.9 Å². The van der Waals surface area contributed by atoms with Gasteiger partial charge in [0.2, 0.25) is 0 Å². The van der Waals surface area contributed by atoms with Gasteiger partial charge in [0, 0.05) is 31.0 Å². The SMILES string of the molecule is CC(C)C1CCCN(c2ccc3c(c2)CCCN3)CC1. The molecular weight excluding hydrogens is 244 g/mol. The maximum atomic E-state index is 3.51. The van der Waals surface area contributed by atoms with Crippen LogP contribution in [0.3, 0.4) is 0 Å². The van der Waals surface area contributed by atoms with E-state index in [2.05, 4.69) is 42.3 Å². The highest BCUT2D eigenvalue weighted by Gasteiger charge is 2.20. The lowest BCUT2D eigenvalue weighted by Crippen LogP contribution is -2.25. The molecule has 2 heterocycles. The quantitative estimate of drug-likeness (QED) is 0.863. The second kappa shape index (κ2) is 6.07. The summed E-state index contributed by atoms with van der Waals surface area (Å²) in [6.07, 6.45) is 6.61. The molecule has 1 aromatic carbocycles. The normalized spacial score (nSPS) is 23.1. The molecule has 2 nitrogen and oxygen atoms in total. The minimum absolute atomic E-state index is 0.836. The number of nitrogens with zero attached hydrogens (tertiary/aromatic N) is 1. The molecule has 2 aliphatic heterocycles. The van der Waals surface area contributed by atoms with Gasteiger partial charge in [0.25, 0.3) is 0 Å². The van der Waals surface area contributed by atoms with E-state index in [-0.39, 0.29) is 0 Å². The van der Waals surface area contributed by atoms with Crippen molar-refractivity contribution in [1.82, 2.24) is 0 Å². The molecular formula is C18H28N2. The number of aryl methyl sites for hydroxylation is 1. The lowest BCUT2D eigenvalue weighted by Gasteiger charge is -2.26. The van der Waals surface area contributed by atoms with Gasteiger partial charge in [-0.05, 0) is 67.7 Å². The summed E-state index contributed by atoms with van der Waals surface area (Å²) in [6, 6.07) is 7.03. The average Bonchev–Trinajstić information content (AvgIpc) is 2.73. The fourth-order valence-electron chi connectivity index (χ4n) is 3.71. The van der Waals surface area contributed by atoms with Crippen LogP contribution >= 0.6 is 0 Å². The molecule has 2 heteroatoms. The monoisotopic (exact) mass is 272 g/mol. The van der Waals surface area contributed by atoms with E-state index in [0.29, 0.717) is 0 Å². The number of nitrogens with one attached hydrogen (secondary N) is 1. The number of hydrogen-bond acceptors (Lipinski definition) is 2. The van der Waals surface area contributed by atoms with Crippen LogP contribution < -0.4 is 10.2 Å². The van der Waals surface area contributed by atoms with Crippen LogP contribution in [0.15, 0.2) is 18.2 Å². The van der Waals surface area contributed by atoms with Crippen LogP contribution in [0.4, 0.5) is 11.4 Å². The molecule has 2 aliphatic rings. The first-order chi connectivity index (χ1) is 9.74. The van der Waals surface area contributed by atoms with Crippen molar-refractivity contribution in [2.45, 2.75) is 46.0 Å². The number of fused-ring (bicyclic) bond motifs is 1. The van der Waals surface area contributed by atoms with Gasteiger partial charge >= 0.3 is 0 Å². The molecule has 1 saturated heterocycles. The Labute approximate surface area is 123 Å². The molecule has 1 N–H and O–H groups in total. The van der Waals surface area contributed by atoms with Gasteiger partial charge < -0.3 is 10.2 Å². The van der Waals surface area contributed by atoms with Crippen LogP contribution in [0.2, 0.25) is 0 Å². The van der Waals surface area contributed by atoms with Crippen LogP contribution in [0.25, 0.3) is 0 Å². The molecule has 0 amide bonds. The fourth-order valence-corrected chi connectivity index (χ4v) is 3.71. The summed E-state index contributed by atoms with van der Waals surface area (Å²) in [6.45, 7) is 8.35. The minimum atomic E-state index is 0.836. The Hall–Kier alpha value is -1.18. The van der Waals surface area contributed by atoms with Crippen LogP contribution in [0.5, 0.6) is 0 Å². The molecule has 0 radical (unpaired) electrons. The number of rotatable bonds is 2. The third-order valence-corrected chi connectivity index (χ3v) is 5.11. The van der Waals surface area contributed by atoms with Crippen molar-refractivity contribution >= 4 is 11.4 Å². The van der Waals surface area contributed by atoms with E-state index in [4.69, 9.17) is 0 Å². The van der Waals surface area contributed by atoms with Crippen molar-refractivity contribution in [3.8, 4) is 0 Å². The highest BCUT2D eigenvalue weighted by molar-refractivity contribution is 5.61. The zero-order valence-electron chi connectivity index (χ0n) is 13.0. The largest absolute Gasteiger partial charge is 0.385 e. The molecule has 0 saturated carbocycles. The molecule has 110 valence electrons. The summed E-state index contributed by atoms with van der Waals surface area (Å²) in [5, 5.41) is 3.51. The topological polar surface area (TPSA) is 15.3 Å². The zero-order chi connectivity index (χ0) is 13.9. The third kappa shape index (κ3) is 2.94. The predicted molar refractivity (Wildman–Crippen MR) is 87.6 cm³/mol. The minimum Gasteiger partial charge on any atom is -0.385 e. The van der Waals surface area contributed by atoms with E-state index in [1.165, 1.54) is 62.1 Å². The summed E-state index contributed by atoms with van der Waals surface area (Å²) in [5.74, 6) is 1.75. The second-order valence-electron chi connectivity index (χ2n) is 6.79. The molecule has 20 heavy (non-hydrogen) atoms. The molecule has 0 aliphatic carbocycles. The first-order valence-corrected chi connectivity index (χ1v) is 8.36. The molecule has 1 atom stereocenters. The van der Waals surface area contributed by atoms with Crippen molar-refractivity contribution in [3.63, 3.8) is 0 Å². The Kier molecular flexibility index (Phi) is 4.18. The van der Waals surface area contributed by atoms with Crippen molar-refractivity contribution < 1.29 is 0 Å². The molecule has 1 fully saturated rings. The summed E-state index contributed by atoms with van der Waals surface area (Å²) in [7, 11) is 0. The molecule has 0 bridgehead atoms. The average molecular weight is 272 g/mol. The zero-order valence-corrected chi connectivity index (χ0v) is 13.0. The summed E-state index contributed by atoms with van der Waals surface area (Å²) >= 11 is 0. The fraction of sp³-hybridized carbons (Fsp3) is 0.667. The standard InChI is InChI=1S/C18H28N2/c1-14(2)15-6-4-11-20(12-9-15)17-7-8-18-16(13-17)5-3-10-19-18/h7-8,13-15,19H,3-6,9-12H2,1-2H3. The molecule has 0 aromatic heterocycles. The number of anilines is 2. The first kappa shape index (κ1) is 13.8. The van der Waals surface area contributed by atoms with Gasteiger partial charge in [-0.3, -0.25) is 0 Å². The van der Waals surface area contributed by atoms with E-state index in [9.17, 15) is 0 Å². The predicted octanol–water partition coefficient (Wildman–Crippen LogP) is 4.31. The van der Waals surface area contributed by atoms with Crippen molar-refractivity contribution in [1.29, 1.82) is 0 Å².